The molecule has 0 aliphatic carbocycles. The second-order valence-corrected chi connectivity index (χ2v) is 20.5. The molecule has 0 saturated heterocycles. The first-order valence-corrected chi connectivity index (χ1v) is 26.6. The predicted molar refractivity (Wildman–Crippen MR) is 329 cm³/mol. The number of hydrogen-bond acceptors (Lipinski definition) is 1. The normalized spacial score (nSPS) is 11.9. The largest absolute Gasteiger partial charge is 0.456 e. The minimum Gasteiger partial charge on any atom is -0.456 e. The number of rotatable bonds is 6. The first kappa shape index (κ1) is 43.3. The van der Waals surface area contributed by atoms with Gasteiger partial charge in [-0.3, -0.25) is 0 Å². The van der Waals surface area contributed by atoms with Crippen molar-refractivity contribution >= 4 is 97.3 Å². The molecule has 0 radical (unpaired) electrons. The molecule has 0 aliphatic rings. The third-order valence-electron chi connectivity index (χ3n) is 16.4. The maximum absolute atomic E-state index is 6.42. The highest BCUT2D eigenvalue weighted by Gasteiger charge is 2.22. The maximum atomic E-state index is 6.42. The zero-order chi connectivity index (χ0) is 50.6. The van der Waals surface area contributed by atoms with E-state index in [-0.39, 0.29) is 0 Å². The zero-order valence-corrected chi connectivity index (χ0v) is 42.0. The van der Waals surface area contributed by atoms with Gasteiger partial charge in [-0.1, -0.05) is 255 Å². The Morgan fingerprint density at radius 3 is 1.06 bits per heavy atom. The zero-order valence-electron chi connectivity index (χ0n) is 42.0. The molecule has 1 heteroatoms. The fourth-order valence-corrected chi connectivity index (χ4v) is 13.1. The van der Waals surface area contributed by atoms with Gasteiger partial charge in [-0.05, 0) is 166 Å². The lowest BCUT2D eigenvalue weighted by Crippen LogP contribution is -1.92. The maximum Gasteiger partial charge on any atom is 0.136 e. The van der Waals surface area contributed by atoms with Gasteiger partial charge in [0.05, 0.1) is 0 Å². The average Bonchev–Trinajstić information content (AvgIpc) is 3.90. The minimum atomic E-state index is 0.905. The van der Waals surface area contributed by atoms with Gasteiger partial charge in [0.25, 0.3) is 0 Å². The van der Waals surface area contributed by atoms with E-state index in [0.29, 0.717) is 0 Å². The van der Waals surface area contributed by atoms with Crippen molar-refractivity contribution < 1.29 is 4.42 Å². The Morgan fingerprint density at radius 1 is 0.182 bits per heavy atom. The molecule has 16 aromatic rings. The molecule has 1 aromatic heterocycles. The Hall–Kier alpha value is -10.1. The molecule has 0 atom stereocenters. The Bertz CT molecular complexity index is 4970. The summed E-state index contributed by atoms with van der Waals surface area (Å²) in [6, 6.07) is 103. The standard InChI is InChI=1S/C76H46O/c1-2-21-55-47(17-1)18-13-32-58(55)73-62-24-5-3-22-60(62)72(61-23-4-6-25-63(61)73)49-39-37-48(38-40-49)54-31-14-19-52-45-50(41-43-56(52)54)51-42-44-57-53(46-51)20-15-33-59(57)74-64-26-7-9-28-66(64)75(67-29-10-8-27-65(67)74)69-34-16-36-71-76(69)68-30-11-12-35-70(68)77-71/h1-46H. The van der Waals surface area contributed by atoms with Crippen LogP contribution >= 0.6 is 0 Å². The molecule has 1 heterocycles. The summed E-state index contributed by atoms with van der Waals surface area (Å²) >= 11 is 0. The average molecular weight is 975 g/mol. The van der Waals surface area contributed by atoms with Crippen LogP contribution in [-0.2, 0) is 0 Å². The van der Waals surface area contributed by atoms with E-state index < -0.39 is 0 Å². The van der Waals surface area contributed by atoms with Gasteiger partial charge in [0.2, 0.25) is 0 Å². The lowest BCUT2D eigenvalue weighted by Gasteiger charge is -2.19. The SMILES string of the molecule is c1cc(-c2ccc(-c3c4ccccc4c(-c4cccc5ccccc45)c4ccccc34)cc2)c2ccc(-c3ccc4c(-c5c6ccccc6c(-c6cccc7oc8ccccc8c67)c6ccccc56)cccc4c3)cc2c1. The molecule has 0 unspecified atom stereocenters. The van der Waals surface area contributed by atoms with Gasteiger partial charge < -0.3 is 4.42 Å². The van der Waals surface area contributed by atoms with Crippen molar-refractivity contribution in [2.24, 2.45) is 0 Å². The van der Waals surface area contributed by atoms with Crippen LogP contribution in [0, 0.1) is 0 Å². The van der Waals surface area contributed by atoms with Crippen LogP contribution < -0.4 is 0 Å². The summed E-state index contributed by atoms with van der Waals surface area (Å²) in [6.07, 6.45) is 0. The number of para-hydroxylation sites is 1. The quantitative estimate of drug-likeness (QED) is 0.151. The van der Waals surface area contributed by atoms with Gasteiger partial charge in [0.1, 0.15) is 11.2 Å². The molecule has 16 rings (SSSR count). The second-order valence-electron chi connectivity index (χ2n) is 20.5. The third-order valence-corrected chi connectivity index (χ3v) is 16.4. The third kappa shape index (κ3) is 6.74. The van der Waals surface area contributed by atoms with Crippen molar-refractivity contribution in [3.8, 4) is 66.8 Å². The molecule has 356 valence electrons. The van der Waals surface area contributed by atoms with Crippen LogP contribution in [0.2, 0.25) is 0 Å². The summed E-state index contributed by atoms with van der Waals surface area (Å²) in [5.41, 5.74) is 16.6. The molecular formula is C76H46O. The highest BCUT2D eigenvalue weighted by atomic mass is 16.3. The fourth-order valence-electron chi connectivity index (χ4n) is 13.1. The first-order valence-electron chi connectivity index (χ1n) is 26.6. The predicted octanol–water partition coefficient (Wildman–Crippen LogP) is 21.7. The van der Waals surface area contributed by atoms with E-state index in [1.165, 1.54) is 142 Å². The van der Waals surface area contributed by atoms with E-state index in [1.54, 1.807) is 0 Å². The lowest BCUT2D eigenvalue weighted by molar-refractivity contribution is 0.669. The van der Waals surface area contributed by atoms with Crippen LogP contribution in [0.3, 0.4) is 0 Å². The van der Waals surface area contributed by atoms with E-state index in [0.717, 1.165) is 21.9 Å². The van der Waals surface area contributed by atoms with Gasteiger partial charge in [0, 0.05) is 10.8 Å². The Kier molecular flexibility index (Phi) is 9.71. The molecule has 0 spiro atoms. The molecular weight excluding hydrogens is 929 g/mol. The monoisotopic (exact) mass is 974 g/mol. The van der Waals surface area contributed by atoms with Crippen molar-refractivity contribution in [2.45, 2.75) is 0 Å². The van der Waals surface area contributed by atoms with E-state index in [4.69, 9.17) is 4.42 Å². The minimum absolute atomic E-state index is 0.905. The second kappa shape index (κ2) is 17.2. The number of fused-ring (bicyclic) bond motifs is 10. The van der Waals surface area contributed by atoms with E-state index in [2.05, 4.69) is 273 Å². The molecule has 0 saturated carbocycles. The van der Waals surface area contributed by atoms with Crippen molar-refractivity contribution in [3.05, 3.63) is 279 Å². The first-order chi connectivity index (χ1) is 38.2. The Morgan fingerprint density at radius 2 is 0.519 bits per heavy atom. The smallest absolute Gasteiger partial charge is 0.136 e. The highest BCUT2D eigenvalue weighted by molar-refractivity contribution is 6.28. The molecule has 0 N–H and O–H groups in total. The summed E-state index contributed by atoms with van der Waals surface area (Å²) in [5.74, 6) is 0. The number of furan rings is 1. The molecule has 0 aliphatic heterocycles. The highest BCUT2D eigenvalue weighted by Crippen LogP contribution is 2.49. The van der Waals surface area contributed by atoms with Gasteiger partial charge >= 0.3 is 0 Å². The molecule has 0 amide bonds. The van der Waals surface area contributed by atoms with E-state index in [9.17, 15) is 0 Å². The van der Waals surface area contributed by atoms with Crippen LogP contribution in [0.25, 0.3) is 164 Å². The molecule has 1 nitrogen and oxygen atoms in total. The van der Waals surface area contributed by atoms with Crippen LogP contribution in [-0.4, -0.2) is 0 Å². The summed E-state index contributed by atoms with van der Waals surface area (Å²) < 4.78 is 6.42. The number of hydrogen-bond donors (Lipinski definition) is 0. The van der Waals surface area contributed by atoms with Crippen LogP contribution in [0.5, 0.6) is 0 Å². The van der Waals surface area contributed by atoms with Gasteiger partial charge in [-0.25, -0.2) is 0 Å². The Labute approximate surface area is 445 Å². The fraction of sp³-hybridized carbons (Fsp3) is 0. The van der Waals surface area contributed by atoms with Crippen LogP contribution in [0.1, 0.15) is 0 Å². The summed E-state index contributed by atoms with van der Waals surface area (Å²) in [7, 11) is 0. The molecule has 77 heavy (non-hydrogen) atoms. The lowest BCUT2D eigenvalue weighted by atomic mass is 9.83. The van der Waals surface area contributed by atoms with Crippen molar-refractivity contribution in [3.63, 3.8) is 0 Å². The summed E-state index contributed by atoms with van der Waals surface area (Å²) in [6.45, 7) is 0. The van der Waals surface area contributed by atoms with Gasteiger partial charge in [-0.2, -0.15) is 0 Å². The van der Waals surface area contributed by atoms with E-state index >= 15 is 0 Å². The summed E-state index contributed by atoms with van der Waals surface area (Å²) in [5, 5.41) is 19.7. The molecule has 15 aromatic carbocycles. The van der Waals surface area contributed by atoms with Crippen molar-refractivity contribution in [1.29, 1.82) is 0 Å². The summed E-state index contributed by atoms with van der Waals surface area (Å²) in [4.78, 5) is 0. The van der Waals surface area contributed by atoms with E-state index in [1.807, 2.05) is 6.07 Å². The van der Waals surface area contributed by atoms with Crippen LogP contribution in [0.4, 0.5) is 0 Å². The Balaban J connectivity index is 0.772. The van der Waals surface area contributed by atoms with Crippen LogP contribution in [0.15, 0.2) is 283 Å². The van der Waals surface area contributed by atoms with Crippen molar-refractivity contribution in [2.75, 3.05) is 0 Å². The molecule has 0 fully saturated rings. The topological polar surface area (TPSA) is 13.1 Å². The number of benzene rings is 15. The van der Waals surface area contributed by atoms with Crippen molar-refractivity contribution in [1.82, 2.24) is 0 Å². The van der Waals surface area contributed by atoms with Gasteiger partial charge in [0.15, 0.2) is 0 Å². The van der Waals surface area contributed by atoms with Gasteiger partial charge in [-0.15, -0.1) is 0 Å². The molecule has 0 bridgehead atoms.